The Kier molecular flexibility index (Phi) is 7.02. The number of nitrogens with zero attached hydrogens (tertiary/aromatic N) is 2. The number of hydrogen-bond donors (Lipinski definition) is 2. The Morgan fingerprint density at radius 3 is 2.90 bits per heavy atom. The molecule has 1 aromatic carbocycles. The van der Waals surface area contributed by atoms with Crippen LogP contribution in [0.5, 0.6) is 5.75 Å². The van der Waals surface area contributed by atoms with E-state index < -0.39 is 0 Å². The minimum Gasteiger partial charge on any atom is -0.489 e. The molecule has 1 unspecified atom stereocenters. The highest BCUT2D eigenvalue weighted by molar-refractivity contribution is 5.95. The van der Waals surface area contributed by atoms with Crippen LogP contribution in [-0.4, -0.2) is 56.8 Å². The molecule has 0 saturated heterocycles. The van der Waals surface area contributed by atoms with E-state index in [9.17, 15) is 9.59 Å². The van der Waals surface area contributed by atoms with E-state index in [1.54, 1.807) is 31.5 Å². The number of nitrogens with one attached hydrogen (secondary N) is 2. The summed E-state index contributed by atoms with van der Waals surface area (Å²) < 4.78 is 10.8. The first-order chi connectivity index (χ1) is 14.1. The van der Waals surface area contributed by atoms with Crippen molar-refractivity contribution in [2.24, 2.45) is 0 Å². The lowest BCUT2D eigenvalue weighted by Crippen LogP contribution is -2.43. The zero-order chi connectivity index (χ0) is 20.6. The summed E-state index contributed by atoms with van der Waals surface area (Å²) in [6.45, 7) is 1.69. The summed E-state index contributed by atoms with van der Waals surface area (Å²) in [4.78, 5) is 30.9. The molecule has 2 heterocycles. The van der Waals surface area contributed by atoms with Crippen LogP contribution in [-0.2, 0) is 16.1 Å². The van der Waals surface area contributed by atoms with Crippen molar-refractivity contribution in [2.45, 2.75) is 19.0 Å². The highest BCUT2D eigenvalue weighted by Crippen LogP contribution is 2.34. The molecule has 2 aromatic rings. The van der Waals surface area contributed by atoms with Crippen molar-refractivity contribution < 1.29 is 19.1 Å². The fourth-order valence-electron chi connectivity index (χ4n) is 3.09. The van der Waals surface area contributed by atoms with Crippen LogP contribution in [0.1, 0.15) is 22.5 Å². The SMILES string of the molecule is COCCNC(=O)c1ccc2c(c1)N(C)C(CC(=O)NCc1ccccn1)CO2. The Balaban J connectivity index is 1.60. The van der Waals surface area contributed by atoms with Gasteiger partial charge in [0.05, 0.1) is 37.0 Å². The fraction of sp³-hybridized carbons (Fsp3) is 0.381. The number of ether oxygens (including phenoxy) is 2. The first kappa shape index (κ1) is 20.6. The van der Waals surface area contributed by atoms with Gasteiger partial charge in [-0.2, -0.15) is 0 Å². The first-order valence-electron chi connectivity index (χ1n) is 9.52. The Hall–Kier alpha value is -3.13. The summed E-state index contributed by atoms with van der Waals surface area (Å²) in [5.74, 6) is 0.451. The predicted molar refractivity (Wildman–Crippen MR) is 109 cm³/mol. The molecule has 0 spiro atoms. The van der Waals surface area contributed by atoms with Gasteiger partial charge in [0, 0.05) is 32.5 Å². The van der Waals surface area contributed by atoms with Gasteiger partial charge in [0.1, 0.15) is 12.4 Å². The molecule has 2 N–H and O–H groups in total. The molecule has 0 bridgehead atoms. The monoisotopic (exact) mass is 398 g/mol. The fourth-order valence-corrected chi connectivity index (χ4v) is 3.09. The lowest BCUT2D eigenvalue weighted by atomic mass is 10.1. The molecular formula is C21H26N4O4. The van der Waals surface area contributed by atoms with Crippen LogP contribution in [0.25, 0.3) is 0 Å². The van der Waals surface area contributed by atoms with Crippen molar-refractivity contribution in [1.29, 1.82) is 0 Å². The number of hydrogen-bond acceptors (Lipinski definition) is 6. The van der Waals surface area contributed by atoms with E-state index in [-0.39, 0.29) is 24.3 Å². The van der Waals surface area contributed by atoms with Gasteiger partial charge in [0.15, 0.2) is 0 Å². The summed E-state index contributed by atoms with van der Waals surface area (Å²) >= 11 is 0. The summed E-state index contributed by atoms with van der Waals surface area (Å²) in [6, 6.07) is 10.8. The average molecular weight is 398 g/mol. The lowest BCUT2D eigenvalue weighted by Gasteiger charge is -2.35. The van der Waals surface area contributed by atoms with E-state index >= 15 is 0 Å². The second kappa shape index (κ2) is 9.88. The number of likely N-dealkylation sites (N-methyl/N-ethyl adjacent to an activating group) is 1. The zero-order valence-electron chi connectivity index (χ0n) is 16.7. The van der Waals surface area contributed by atoms with Gasteiger partial charge in [-0.05, 0) is 30.3 Å². The second-order valence-electron chi connectivity index (χ2n) is 6.81. The largest absolute Gasteiger partial charge is 0.489 e. The van der Waals surface area contributed by atoms with Crippen molar-refractivity contribution in [1.82, 2.24) is 15.6 Å². The summed E-state index contributed by atoms with van der Waals surface area (Å²) in [6.07, 6.45) is 1.98. The molecule has 1 atom stereocenters. The number of anilines is 1. The number of benzene rings is 1. The summed E-state index contributed by atoms with van der Waals surface area (Å²) in [5.41, 5.74) is 2.14. The molecule has 8 heteroatoms. The molecule has 2 amide bonds. The molecule has 0 saturated carbocycles. The van der Waals surface area contributed by atoms with Crippen LogP contribution in [0.15, 0.2) is 42.6 Å². The van der Waals surface area contributed by atoms with E-state index in [1.165, 1.54) is 0 Å². The minimum atomic E-state index is -0.173. The second-order valence-corrected chi connectivity index (χ2v) is 6.81. The van der Waals surface area contributed by atoms with Crippen LogP contribution in [0.2, 0.25) is 0 Å². The number of fused-ring (bicyclic) bond motifs is 1. The molecule has 8 nitrogen and oxygen atoms in total. The quantitative estimate of drug-likeness (QED) is 0.653. The molecule has 154 valence electrons. The Morgan fingerprint density at radius 2 is 2.14 bits per heavy atom. The zero-order valence-corrected chi connectivity index (χ0v) is 16.7. The van der Waals surface area contributed by atoms with Gasteiger partial charge in [0.25, 0.3) is 5.91 Å². The van der Waals surface area contributed by atoms with E-state index in [4.69, 9.17) is 9.47 Å². The molecule has 0 fully saturated rings. The van der Waals surface area contributed by atoms with Crippen molar-refractivity contribution >= 4 is 17.5 Å². The van der Waals surface area contributed by atoms with Crippen molar-refractivity contribution in [3.63, 3.8) is 0 Å². The van der Waals surface area contributed by atoms with Gasteiger partial charge < -0.3 is 25.0 Å². The molecular weight excluding hydrogens is 372 g/mol. The maximum atomic E-state index is 12.4. The molecule has 1 aliphatic heterocycles. The van der Waals surface area contributed by atoms with E-state index in [0.717, 1.165) is 11.4 Å². The van der Waals surface area contributed by atoms with Gasteiger partial charge in [-0.25, -0.2) is 0 Å². The van der Waals surface area contributed by atoms with Crippen LogP contribution < -0.4 is 20.3 Å². The standard InChI is InChI=1S/C21H26N4O4/c1-25-17(12-20(26)24-13-16-5-3-4-8-22-16)14-29-19-7-6-15(11-18(19)25)21(27)23-9-10-28-2/h3-8,11,17H,9-10,12-14H2,1-2H3,(H,23,27)(H,24,26). The summed E-state index contributed by atoms with van der Waals surface area (Å²) in [5, 5.41) is 5.69. The van der Waals surface area contributed by atoms with E-state index in [1.807, 2.05) is 30.1 Å². The highest BCUT2D eigenvalue weighted by Gasteiger charge is 2.27. The van der Waals surface area contributed by atoms with Crippen LogP contribution in [0.4, 0.5) is 5.69 Å². The van der Waals surface area contributed by atoms with Crippen LogP contribution in [0, 0.1) is 0 Å². The van der Waals surface area contributed by atoms with Gasteiger partial charge in [-0.1, -0.05) is 6.07 Å². The molecule has 1 aromatic heterocycles. The van der Waals surface area contributed by atoms with Crippen LogP contribution in [0.3, 0.4) is 0 Å². The predicted octanol–water partition coefficient (Wildman–Crippen LogP) is 1.36. The number of amides is 2. The molecule has 3 rings (SSSR count). The normalized spacial score (nSPS) is 15.2. The van der Waals surface area contributed by atoms with Crippen molar-refractivity contribution in [3.8, 4) is 5.75 Å². The summed E-state index contributed by atoms with van der Waals surface area (Å²) in [7, 11) is 3.49. The molecule has 1 aliphatic rings. The Labute approximate surface area is 170 Å². The molecule has 29 heavy (non-hydrogen) atoms. The number of methoxy groups -OCH3 is 1. The Morgan fingerprint density at radius 1 is 1.28 bits per heavy atom. The van der Waals surface area contributed by atoms with Crippen LogP contribution >= 0.6 is 0 Å². The third kappa shape index (κ3) is 5.45. The number of aromatic nitrogens is 1. The number of pyridine rings is 1. The average Bonchev–Trinajstić information content (AvgIpc) is 2.75. The maximum Gasteiger partial charge on any atom is 0.251 e. The number of carbonyl (C=O) groups excluding carboxylic acids is 2. The third-order valence-electron chi connectivity index (χ3n) is 4.79. The maximum absolute atomic E-state index is 12.4. The van der Waals surface area contributed by atoms with Crippen molar-refractivity contribution in [3.05, 3.63) is 53.9 Å². The number of carbonyl (C=O) groups is 2. The van der Waals surface area contributed by atoms with Gasteiger partial charge in [-0.3, -0.25) is 14.6 Å². The number of rotatable bonds is 8. The van der Waals surface area contributed by atoms with Crippen molar-refractivity contribution in [2.75, 3.05) is 38.8 Å². The van der Waals surface area contributed by atoms with E-state index in [2.05, 4.69) is 15.6 Å². The molecule has 0 radical (unpaired) electrons. The van der Waals surface area contributed by atoms with Gasteiger partial charge >= 0.3 is 0 Å². The van der Waals surface area contributed by atoms with Gasteiger partial charge in [-0.15, -0.1) is 0 Å². The topological polar surface area (TPSA) is 92.8 Å². The first-order valence-corrected chi connectivity index (χ1v) is 9.52. The third-order valence-corrected chi connectivity index (χ3v) is 4.79. The minimum absolute atomic E-state index is 0.0759. The lowest BCUT2D eigenvalue weighted by molar-refractivity contribution is -0.121. The smallest absolute Gasteiger partial charge is 0.251 e. The highest BCUT2D eigenvalue weighted by atomic mass is 16.5. The Bertz CT molecular complexity index is 844. The van der Waals surface area contributed by atoms with E-state index in [0.29, 0.717) is 37.6 Å². The molecule has 0 aliphatic carbocycles. The van der Waals surface area contributed by atoms with Gasteiger partial charge in [0.2, 0.25) is 5.91 Å².